The average Bonchev–Trinajstić information content (AvgIpc) is 3.13. The summed E-state index contributed by atoms with van der Waals surface area (Å²) >= 11 is 7.51. The van der Waals surface area contributed by atoms with E-state index in [1.54, 1.807) is 22.8 Å². The van der Waals surface area contributed by atoms with Crippen LogP contribution in [-0.2, 0) is 16.1 Å². The normalized spacial score (nSPS) is 23.7. The van der Waals surface area contributed by atoms with Gasteiger partial charge in [0.2, 0.25) is 0 Å². The van der Waals surface area contributed by atoms with Gasteiger partial charge < -0.3 is 4.74 Å². The summed E-state index contributed by atoms with van der Waals surface area (Å²) in [7, 11) is 0. The van der Waals surface area contributed by atoms with Crippen molar-refractivity contribution in [3.63, 3.8) is 0 Å². The highest BCUT2D eigenvalue weighted by atomic mass is 35.5. The highest BCUT2D eigenvalue weighted by Crippen LogP contribution is 2.31. The van der Waals surface area contributed by atoms with Gasteiger partial charge in [-0.3, -0.25) is 14.2 Å². The molecule has 0 unspecified atom stereocenters. The number of hydrogen-bond donors (Lipinski definition) is 0. The molecule has 1 saturated carbocycles. The molecule has 0 spiro atoms. The van der Waals surface area contributed by atoms with E-state index in [2.05, 4.69) is 0 Å². The summed E-state index contributed by atoms with van der Waals surface area (Å²) in [6.07, 6.45) is 5.44. The zero-order valence-corrected chi connectivity index (χ0v) is 16.0. The number of rotatable bonds is 4. The molecule has 1 saturated heterocycles. The minimum absolute atomic E-state index is 0.0284. The van der Waals surface area contributed by atoms with Crippen LogP contribution in [0, 0.1) is 0 Å². The second-order valence-corrected chi connectivity index (χ2v) is 8.53. The number of aromatic nitrogens is 2. The van der Waals surface area contributed by atoms with Crippen molar-refractivity contribution in [1.29, 1.82) is 0 Å². The molecule has 1 aromatic carbocycles. The number of carbonyl (C=O) groups excluding carboxylic acids is 1. The van der Waals surface area contributed by atoms with Gasteiger partial charge in [0.1, 0.15) is 5.78 Å². The van der Waals surface area contributed by atoms with Gasteiger partial charge in [0, 0.05) is 18.1 Å². The molecule has 26 heavy (non-hydrogen) atoms. The standard InChI is InChI=1S/C19H21ClN2O3S/c20-12-7-8-14-15(10-12)21-19(26-17-6-2-1-5-16(17)23)22(18(14)24)11-13-4-3-9-25-13/h7-8,10,13,17H,1-6,9,11H2/t13-,17-/m0/s1. The predicted molar refractivity (Wildman–Crippen MR) is 103 cm³/mol. The molecule has 0 radical (unpaired) electrons. The number of ether oxygens (including phenoxy) is 1. The molecule has 0 N–H and O–H groups in total. The minimum Gasteiger partial charge on any atom is -0.376 e. The Hall–Kier alpha value is -1.37. The lowest BCUT2D eigenvalue weighted by Gasteiger charge is -2.22. The molecule has 1 aliphatic carbocycles. The van der Waals surface area contributed by atoms with Crippen LogP contribution in [0.15, 0.2) is 28.2 Å². The van der Waals surface area contributed by atoms with Crippen LogP contribution < -0.4 is 5.56 Å². The summed E-state index contributed by atoms with van der Waals surface area (Å²) in [5.74, 6) is 0.255. The fourth-order valence-electron chi connectivity index (χ4n) is 3.62. The number of Topliss-reactive ketones (excluding diaryl/α,β-unsaturated/α-hetero) is 1. The average molecular weight is 393 g/mol. The van der Waals surface area contributed by atoms with Crippen molar-refractivity contribution >= 4 is 40.0 Å². The van der Waals surface area contributed by atoms with Crippen LogP contribution in [0.2, 0.25) is 5.02 Å². The Balaban J connectivity index is 1.76. The second kappa shape index (κ2) is 7.71. The zero-order chi connectivity index (χ0) is 18.1. The first-order chi connectivity index (χ1) is 12.6. The van der Waals surface area contributed by atoms with Crippen molar-refractivity contribution < 1.29 is 9.53 Å². The van der Waals surface area contributed by atoms with E-state index in [1.165, 1.54) is 11.8 Å². The van der Waals surface area contributed by atoms with Crippen LogP contribution >= 0.6 is 23.4 Å². The number of nitrogens with zero attached hydrogens (tertiary/aromatic N) is 2. The van der Waals surface area contributed by atoms with Crippen molar-refractivity contribution in [2.75, 3.05) is 6.61 Å². The van der Waals surface area contributed by atoms with E-state index in [0.29, 0.717) is 34.0 Å². The molecule has 0 amide bonds. The summed E-state index contributed by atoms with van der Waals surface area (Å²) in [5.41, 5.74) is 0.491. The first-order valence-corrected chi connectivity index (χ1v) is 10.4. The third kappa shape index (κ3) is 3.68. The first kappa shape index (κ1) is 18.0. The maximum Gasteiger partial charge on any atom is 0.262 e. The summed E-state index contributed by atoms with van der Waals surface area (Å²) < 4.78 is 7.42. The van der Waals surface area contributed by atoms with E-state index < -0.39 is 0 Å². The fraction of sp³-hybridized carbons (Fsp3) is 0.526. The van der Waals surface area contributed by atoms with E-state index in [9.17, 15) is 9.59 Å². The third-order valence-corrected chi connectivity index (χ3v) is 6.58. The number of ketones is 1. The molecular formula is C19H21ClN2O3S. The number of halogens is 1. The first-order valence-electron chi connectivity index (χ1n) is 9.13. The van der Waals surface area contributed by atoms with E-state index in [0.717, 1.165) is 38.7 Å². The van der Waals surface area contributed by atoms with Crippen LogP contribution in [0.5, 0.6) is 0 Å². The molecule has 138 valence electrons. The van der Waals surface area contributed by atoms with Crippen LogP contribution in [0.1, 0.15) is 38.5 Å². The van der Waals surface area contributed by atoms with Crippen LogP contribution in [0.4, 0.5) is 0 Å². The zero-order valence-electron chi connectivity index (χ0n) is 14.4. The lowest BCUT2D eigenvalue weighted by Crippen LogP contribution is -2.30. The Morgan fingerprint density at radius 3 is 2.88 bits per heavy atom. The molecule has 2 aromatic rings. The van der Waals surface area contributed by atoms with Crippen LogP contribution in [0.25, 0.3) is 10.9 Å². The Morgan fingerprint density at radius 2 is 2.12 bits per heavy atom. The molecule has 5 nitrogen and oxygen atoms in total. The maximum absolute atomic E-state index is 13.1. The molecule has 2 heterocycles. The predicted octanol–water partition coefficient (Wildman–Crippen LogP) is 3.83. The molecule has 1 aromatic heterocycles. The SMILES string of the molecule is O=C1CCCC[C@@H]1Sc1nc2cc(Cl)ccc2c(=O)n1C[C@@H]1CCCO1. The minimum atomic E-state index is -0.122. The quantitative estimate of drug-likeness (QED) is 0.740. The van der Waals surface area contributed by atoms with Crippen molar-refractivity contribution in [2.45, 2.75) is 61.6 Å². The maximum atomic E-state index is 13.1. The van der Waals surface area contributed by atoms with E-state index >= 15 is 0 Å². The van der Waals surface area contributed by atoms with Gasteiger partial charge in [-0.2, -0.15) is 0 Å². The number of benzene rings is 1. The highest BCUT2D eigenvalue weighted by molar-refractivity contribution is 8.00. The van der Waals surface area contributed by atoms with Gasteiger partial charge in [0.05, 0.1) is 28.8 Å². The van der Waals surface area contributed by atoms with E-state index in [-0.39, 0.29) is 22.7 Å². The molecule has 2 atom stereocenters. The largest absolute Gasteiger partial charge is 0.376 e. The van der Waals surface area contributed by atoms with Gasteiger partial charge in [-0.25, -0.2) is 4.98 Å². The van der Waals surface area contributed by atoms with Crippen molar-refractivity contribution in [1.82, 2.24) is 9.55 Å². The molecule has 7 heteroatoms. The van der Waals surface area contributed by atoms with Gasteiger partial charge in [0.25, 0.3) is 5.56 Å². The molecule has 0 bridgehead atoms. The number of carbonyl (C=O) groups is 1. The lowest BCUT2D eigenvalue weighted by molar-refractivity contribution is -0.119. The Labute approximate surface area is 161 Å². The molecule has 1 aliphatic heterocycles. The van der Waals surface area contributed by atoms with Crippen molar-refractivity contribution in [3.05, 3.63) is 33.6 Å². The van der Waals surface area contributed by atoms with Gasteiger partial charge in [-0.1, -0.05) is 29.8 Å². The molecule has 2 fully saturated rings. The van der Waals surface area contributed by atoms with Crippen LogP contribution in [0.3, 0.4) is 0 Å². The Morgan fingerprint density at radius 1 is 1.23 bits per heavy atom. The van der Waals surface area contributed by atoms with E-state index in [4.69, 9.17) is 21.3 Å². The molecule has 4 rings (SSSR count). The van der Waals surface area contributed by atoms with Crippen molar-refractivity contribution in [3.8, 4) is 0 Å². The Bertz CT molecular complexity index is 892. The number of hydrogen-bond acceptors (Lipinski definition) is 5. The molecule has 2 aliphatic rings. The van der Waals surface area contributed by atoms with Crippen molar-refractivity contribution in [2.24, 2.45) is 0 Å². The fourth-order valence-corrected chi connectivity index (χ4v) is 5.01. The number of fused-ring (bicyclic) bond motifs is 1. The highest BCUT2D eigenvalue weighted by Gasteiger charge is 2.27. The Kier molecular flexibility index (Phi) is 5.34. The molecular weight excluding hydrogens is 372 g/mol. The van der Waals surface area contributed by atoms with Gasteiger partial charge in [0.15, 0.2) is 5.16 Å². The topological polar surface area (TPSA) is 61.2 Å². The van der Waals surface area contributed by atoms with Gasteiger partial charge in [-0.05, 0) is 43.9 Å². The second-order valence-electron chi connectivity index (χ2n) is 6.93. The summed E-state index contributed by atoms with van der Waals surface area (Å²) in [5, 5.41) is 1.57. The monoisotopic (exact) mass is 392 g/mol. The summed E-state index contributed by atoms with van der Waals surface area (Å²) in [6, 6.07) is 5.14. The number of thioether (sulfide) groups is 1. The van der Waals surface area contributed by atoms with Gasteiger partial charge >= 0.3 is 0 Å². The third-order valence-electron chi connectivity index (χ3n) is 5.04. The smallest absolute Gasteiger partial charge is 0.262 e. The lowest BCUT2D eigenvalue weighted by atomic mass is 9.99. The summed E-state index contributed by atoms with van der Waals surface area (Å²) in [6.45, 7) is 1.22. The van der Waals surface area contributed by atoms with E-state index in [1.807, 2.05) is 0 Å². The summed E-state index contributed by atoms with van der Waals surface area (Å²) in [4.78, 5) is 30.1. The van der Waals surface area contributed by atoms with Gasteiger partial charge in [-0.15, -0.1) is 0 Å². The van der Waals surface area contributed by atoms with Crippen LogP contribution in [-0.4, -0.2) is 33.3 Å².